The van der Waals surface area contributed by atoms with Gasteiger partial charge in [0.2, 0.25) is 5.95 Å². The minimum atomic E-state index is -3.34. The van der Waals surface area contributed by atoms with E-state index in [0.717, 1.165) is 38.0 Å². The molecule has 0 amide bonds. The molecule has 25 heavy (non-hydrogen) atoms. The van der Waals surface area contributed by atoms with Gasteiger partial charge in [0.25, 0.3) is 0 Å². The van der Waals surface area contributed by atoms with Crippen molar-refractivity contribution >= 4 is 39.5 Å². The fraction of sp³-hybridized carbons (Fsp3) is 0.533. The first-order valence-electron chi connectivity index (χ1n) is 7.92. The predicted molar refractivity (Wildman–Crippen MR) is 102 cm³/mol. The number of thiazole rings is 1. The van der Waals surface area contributed by atoms with Gasteiger partial charge < -0.3 is 10.6 Å². The fourth-order valence-electron chi connectivity index (χ4n) is 2.80. The van der Waals surface area contributed by atoms with Crippen LogP contribution < -0.4 is 10.6 Å². The molecule has 0 spiro atoms. The summed E-state index contributed by atoms with van der Waals surface area (Å²) in [6.07, 6.45) is 5.37. The second kappa shape index (κ2) is 8.88. The maximum absolute atomic E-state index is 12.0. The van der Waals surface area contributed by atoms with Crippen LogP contribution in [0, 0.1) is 0 Å². The lowest BCUT2D eigenvalue weighted by atomic mass is 9.96. The molecule has 138 valence electrons. The lowest BCUT2D eigenvalue weighted by molar-refractivity contribution is 0.448. The number of nitrogens with one attached hydrogen (secondary N) is 2. The summed E-state index contributed by atoms with van der Waals surface area (Å²) >= 11 is 1.57. The Morgan fingerprint density at radius 3 is 2.88 bits per heavy atom. The minimum absolute atomic E-state index is 0. The van der Waals surface area contributed by atoms with Gasteiger partial charge in [-0.3, -0.25) is 0 Å². The van der Waals surface area contributed by atoms with E-state index < -0.39 is 9.84 Å². The molecular formula is C15H22ClN5O2S2. The number of halogens is 1. The third kappa shape index (κ3) is 5.34. The molecule has 10 heteroatoms. The smallest absolute Gasteiger partial charge is 0.222 e. The average Bonchev–Trinajstić information content (AvgIpc) is 3.08. The van der Waals surface area contributed by atoms with Crippen molar-refractivity contribution < 1.29 is 8.42 Å². The maximum atomic E-state index is 12.0. The second-order valence-corrected chi connectivity index (χ2v) is 8.62. The van der Waals surface area contributed by atoms with Crippen LogP contribution in [-0.4, -0.2) is 49.3 Å². The monoisotopic (exact) mass is 403 g/mol. The van der Waals surface area contributed by atoms with Crippen LogP contribution in [0.4, 0.5) is 5.95 Å². The zero-order valence-electron chi connectivity index (χ0n) is 13.9. The van der Waals surface area contributed by atoms with Gasteiger partial charge in [-0.15, -0.1) is 23.7 Å². The maximum Gasteiger partial charge on any atom is 0.222 e. The van der Waals surface area contributed by atoms with E-state index in [-0.39, 0.29) is 23.2 Å². The van der Waals surface area contributed by atoms with Crippen molar-refractivity contribution in [3.63, 3.8) is 0 Å². The van der Waals surface area contributed by atoms with Gasteiger partial charge >= 0.3 is 0 Å². The molecular weight excluding hydrogens is 382 g/mol. The first-order chi connectivity index (χ1) is 11.5. The summed E-state index contributed by atoms with van der Waals surface area (Å²) in [6, 6.07) is 0. The first kappa shape index (κ1) is 20.0. The van der Waals surface area contributed by atoms with Gasteiger partial charge in [-0.05, 0) is 19.4 Å². The molecule has 0 radical (unpaired) electrons. The molecule has 0 aliphatic carbocycles. The molecule has 7 nitrogen and oxygen atoms in total. The lowest BCUT2D eigenvalue weighted by Gasteiger charge is -2.24. The summed E-state index contributed by atoms with van der Waals surface area (Å²) < 4.78 is 24.1. The number of aromatic nitrogens is 3. The van der Waals surface area contributed by atoms with Gasteiger partial charge in [-0.2, -0.15) is 0 Å². The van der Waals surface area contributed by atoms with Crippen LogP contribution in [0.15, 0.2) is 22.0 Å². The van der Waals surface area contributed by atoms with Gasteiger partial charge in [0.15, 0.2) is 9.84 Å². The van der Waals surface area contributed by atoms with Gasteiger partial charge in [0, 0.05) is 37.1 Å². The third-order valence-electron chi connectivity index (χ3n) is 4.01. The molecule has 0 saturated carbocycles. The highest BCUT2D eigenvalue weighted by molar-refractivity contribution is 7.90. The zero-order valence-corrected chi connectivity index (χ0v) is 16.4. The van der Waals surface area contributed by atoms with Crippen molar-refractivity contribution in [2.45, 2.75) is 30.1 Å². The van der Waals surface area contributed by atoms with Crippen LogP contribution in [-0.2, 0) is 16.3 Å². The Balaban J connectivity index is 0.00000225. The van der Waals surface area contributed by atoms with Gasteiger partial charge in [-0.1, -0.05) is 0 Å². The number of piperidine rings is 1. The summed E-state index contributed by atoms with van der Waals surface area (Å²) in [6.45, 7) is 2.37. The Labute approximate surface area is 158 Å². The summed E-state index contributed by atoms with van der Waals surface area (Å²) in [7, 11) is -3.34. The molecule has 2 aromatic rings. The third-order valence-corrected chi connectivity index (χ3v) is 5.76. The molecule has 1 aliphatic heterocycles. The number of anilines is 1. The molecule has 1 unspecified atom stereocenters. The highest BCUT2D eigenvalue weighted by atomic mass is 35.5. The molecule has 1 atom stereocenters. The Bertz CT molecular complexity index is 777. The van der Waals surface area contributed by atoms with Crippen LogP contribution in [0.3, 0.4) is 0 Å². The Morgan fingerprint density at radius 2 is 2.24 bits per heavy atom. The molecule has 1 fully saturated rings. The molecule has 3 rings (SSSR count). The van der Waals surface area contributed by atoms with E-state index in [9.17, 15) is 8.42 Å². The van der Waals surface area contributed by atoms with Crippen LogP contribution in [0.1, 0.15) is 30.1 Å². The van der Waals surface area contributed by atoms with Crippen LogP contribution in [0.2, 0.25) is 0 Å². The molecule has 0 bridgehead atoms. The van der Waals surface area contributed by atoms with E-state index in [1.54, 1.807) is 16.8 Å². The zero-order chi connectivity index (χ0) is 17.0. The number of nitrogens with zero attached hydrogens (tertiary/aromatic N) is 3. The molecule has 1 aliphatic rings. The van der Waals surface area contributed by atoms with E-state index >= 15 is 0 Å². The van der Waals surface area contributed by atoms with Crippen molar-refractivity contribution in [3.05, 3.63) is 28.5 Å². The Hall–Kier alpha value is -1.29. The predicted octanol–water partition coefficient (Wildman–Crippen LogP) is 1.88. The SMILES string of the molecule is CS(=O)(=O)c1cnc(NCCc2cscn2)nc1C1CCCNC1.Cl. The number of hydrogen-bond donors (Lipinski definition) is 2. The van der Waals surface area contributed by atoms with Crippen molar-refractivity contribution in [2.75, 3.05) is 31.2 Å². The highest BCUT2D eigenvalue weighted by Crippen LogP contribution is 2.27. The molecule has 1 saturated heterocycles. The van der Waals surface area contributed by atoms with E-state index in [4.69, 9.17) is 0 Å². The van der Waals surface area contributed by atoms with Gasteiger partial charge in [0.05, 0.1) is 23.1 Å². The highest BCUT2D eigenvalue weighted by Gasteiger charge is 2.25. The first-order valence-corrected chi connectivity index (χ1v) is 10.8. The quantitative estimate of drug-likeness (QED) is 0.759. The summed E-state index contributed by atoms with van der Waals surface area (Å²) in [4.78, 5) is 13.2. The van der Waals surface area contributed by atoms with E-state index in [1.165, 1.54) is 12.5 Å². The van der Waals surface area contributed by atoms with Crippen LogP contribution in [0.25, 0.3) is 0 Å². The van der Waals surface area contributed by atoms with Crippen LogP contribution >= 0.6 is 23.7 Å². The average molecular weight is 404 g/mol. The van der Waals surface area contributed by atoms with Crippen molar-refractivity contribution in [2.24, 2.45) is 0 Å². The molecule has 3 heterocycles. The van der Waals surface area contributed by atoms with Crippen molar-refractivity contribution in [3.8, 4) is 0 Å². The Morgan fingerprint density at radius 1 is 1.40 bits per heavy atom. The number of hydrogen-bond acceptors (Lipinski definition) is 8. The van der Waals surface area contributed by atoms with Gasteiger partial charge in [-0.25, -0.2) is 23.4 Å². The number of sulfone groups is 1. The lowest BCUT2D eigenvalue weighted by Crippen LogP contribution is -2.30. The van der Waals surface area contributed by atoms with Crippen molar-refractivity contribution in [1.82, 2.24) is 20.3 Å². The van der Waals surface area contributed by atoms with Gasteiger partial charge in [0.1, 0.15) is 4.90 Å². The summed E-state index contributed by atoms with van der Waals surface area (Å²) in [5.74, 6) is 0.573. The largest absolute Gasteiger partial charge is 0.354 e. The normalized spacial score (nSPS) is 17.7. The standard InChI is InChI=1S/C15H21N5O2S2.ClH/c1-24(21,22)13-8-18-15(17-6-4-12-9-23-10-19-12)20-14(13)11-3-2-5-16-7-11;/h8-11,16H,2-7H2,1H3,(H,17,18,20);1H. The second-order valence-electron chi connectivity index (χ2n) is 5.92. The summed E-state index contributed by atoms with van der Waals surface area (Å²) in [5, 5.41) is 8.49. The topological polar surface area (TPSA) is 96.9 Å². The van der Waals surface area contributed by atoms with E-state index in [2.05, 4.69) is 25.6 Å². The van der Waals surface area contributed by atoms with E-state index in [0.29, 0.717) is 18.2 Å². The number of rotatable bonds is 6. The minimum Gasteiger partial charge on any atom is -0.354 e. The molecule has 0 aromatic carbocycles. The summed E-state index contributed by atoms with van der Waals surface area (Å²) in [5.41, 5.74) is 3.45. The van der Waals surface area contributed by atoms with E-state index in [1.807, 2.05) is 5.38 Å². The van der Waals surface area contributed by atoms with Crippen molar-refractivity contribution in [1.29, 1.82) is 0 Å². The van der Waals surface area contributed by atoms with Crippen LogP contribution in [0.5, 0.6) is 0 Å². The molecule has 2 aromatic heterocycles. The molecule has 2 N–H and O–H groups in total. The fourth-order valence-corrected chi connectivity index (χ4v) is 4.23. The Kier molecular flexibility index (Phi) is 7.12.